The Bertz CT molecular complexity index is 784. The van der Waals surface area contributed by atoms with Gasteiger partial charge in [-0.1, -0.05) is 25.1 Å². The Morgan fingerprint density at radius 2 is 2.00 bits per heavy atom. The molecule has 0 atom stereocenters. The van der Waals surface area contributed by atoms with Crippen LogP contribution in [-0.4, -0.2) is 24.5 Å². The van der Waals surface area contributed by atoms with Crippen molar-refractivity contribution in [2.45, 2.75) is 31.2 Å². The van der Waals surface area contributed by atoms with E-state index in [0.29, 0.717) is 24.3 Å². The Morgan fingerprint density at radius 3 is 2.73 bits per heavy atom. The van der Waals surface area contributed by atoms with Crippen molar-refractivity contribution in [1.29, 1.82) is 0 Å². The lowest BCUT2D eigenvalue weighted by molar-refractivity contribution is 0.563. The van der Waals surface area contributed by atoms with Crippen molar-refractivity contribution in [2.75, 3.05) is 6.54 Å². The van der Waals surface area contributed by atoms with Crippen LogP contribution < -0.4 is 10.4 Å². The first-order chi connectivity index (χ1) is 10.5. The second-order valence-corrected chi connectivity index (χ2v) is 6.54. The second kappa shape index (κ2) is 7.33. The first kappa shape index (κ1) is 16.4. The van der Waals surface area contributed by atoms with Gasteiger partial charge in [0.1, 0.15) is 0 Å². The van der Waals surface area contributed by atoms with Gasteiger partial charge in [-0.05, 0) is 30.5 Å². The van der Waals surface area contributed by atoms with E-state index in [-0.39, 0.29) is 12.2 Å². The Hall–Kier alpha value is -1.99. The Morgan fingerprint density at radius 1 is 1.23 bits per heavy atom. The topological polar surface area (TPSA) is 81.1 Å². The fourth-order valence-electron chi connectivity index (χ4n) is 2.15. The maximum atomic E-state index is 12.3. The molecule has 0 saturated carbocycles. The van der Waals surface area contributed by atoms with Gasteiger partial charge in [-0.15, -0.1) is 0 Å². The van der Waals surface area contributed by atoms with Crippen molar-refractivity contribution in [3.8, 4) is 0 Å². The fourth-order valence-corrected chi connectivity index (χ4v) is 3.53. The molecule has 118 valence electrons. The lowest BCUT2D eigenvalue weighted by Crippen LogP contribution is -2.28. The molecule has 1 aromatic heterocycles. The molecule has 7 heteroatoms. The smallest absolute Gasteiger partial charge is 0.299 e. The third-order valence-corrected chi connectivity index (χ3v) is 4.86. The monoisotopic (exact) mass is 321 g/mol. The normalized spacial score (nSPS) is 11.5. The van der Waals surface area contributed by atoms with Crippen molar-refractivity contribution in [3.63, 3.8) is 0 Å². The van der Waals surface area contributed by atoms with Crippen molar-refractivity contribution >= 4 is 10.0 Å². The molecule has 0 aliphatic carbocycles. The number of sulfonamides is 1. The van der Waals surface area contributed by atoms with Gasteiger partial charge in [0, 0.05) is 25.5 Å². The van der Waals surface area contributed by atoms with E-state index in [9.17, 15) is 13.2 Å². The van der Waals surface area contributed by atoms with Gasteiger partial charge < -0.3 is 0 Å². The van der Waals surface area contributed by atoms with Gasteiger partial charge in [0.15, 0.2) is 0 Å². The average molecular weight is 321 g/mol. The van der Waals surface area contributed by atoms with E-state index in [1.807, 2.05) is 19.1 Å². The van der Waals surface area contributed by atoms with Crippen molar-refractivity contribution in [2.24, 2.45) is 0 Å². The molecule has 0 fully saturated rings. The van der Waals surface area contributed by atoms with E-state index >= 15 is 0 Å². The highest BCUT2D eigenvalue weighted by molar-refractivity contribution is 7.89. The fraction of sp³-hybridized carbons (Fsp3) is 0.333. The van der Waals surface area contributed by atoms with Crippen LogP contribution in [0.15, 0.2) is 52.4 Å². The predicted molar refractivity (Wildman–Crippen MR) is 84.1 cm³/mol. The lowest BCUT2D eigenvalue weighted by atomic mass is 10.2. The van der Waals surface area contributed by atoms with E-state index in [0.717, 1.165) is 5.56 Å². The highest BCUT2D eigenvalue weighted by Gasteiger charge is 2.16. The quantitative estimate of drug-likeness (QED) is 0.776. The highest BCUT2D eigenvalue weighted by atomic mass is 32.2. The molecule has 0 saturated heterocycles. The minimum Gasteiger partial charge on any atom is -0.299 e. The molecule has 0 amide bonds. The minimum absolute atomic E-state index is 0.266. The summed E-state index contributed by atoms with van der Waals surface area (Å²) in [6.07, 6.45) is 4.24. The van der Waals surface area contributed by atoms with E-state index in [4.69, 9.17) is 0 Å². The molecule has 0 aliphatic rings. The minimum atomic E-state index is -3.52. The number of benzene rings is 1. The summed E-state index contributed by atoms with van der Waals surface area (Å²) in [5, 5.41) is 0. The van der Waals surface area contributed by atoms with Gasteiger partial charge in [-0.25, -0.2) is 22.9 Å². The predicted octanol–water partition coefficient (Wildman–Crippen LogP) is 1.17. The van der Waals surface area contributed by atoms with Gasteiger partial charge in [-0.2, -0.15) is 0 Å². The van der Waals surface area contributed by atoms with Crippen LogP contribution >= 0.6 is 0 Å². The van der Waals surface area contributed by atoms with Gasteiger partial charge in [0.05, 0.1) is 4.90 Å². The summed E-state index contributed by atoms with van der Waals surface area (Å²) < 4.78 is 28.6. The average Bonchev–Trinajstić information content (AvgIpc) is 2.53. The third kappa shape index (κ3) is 4.02. The standard InChI is InChI=1S/C15H19N3O3S/c1-2-13-7-3-4-8-14(13)22(20,21)17-10-6-12-18-11-5-9-16-15(18)19/h3-5,7-9,11,17H,2,6,10,12H2,1H3. The summed E-state index contributed by atoms with van der Waals surface area (Å²) in [6.45, 7) is 2.61. The van der Waals surface area contributed by atoms with Crippen LogP contribution in [0.25, 0.3) is 0 Å². The van der Waals surface area contributed by atoms with Gasteiger partial charge in [0.2, 0.25) is 10.0 Å². The number of aryl methyl sites for hydroxylation is 2. The van der Waals surface area contributed by atoms with Crippen LogP contribution in [0, 0.1) is 0 Å². The third-order valence-electron chi connectivity index (χ3n) is 3.29. The molecule has 2 aromatic rings. The Labute approximate surface area is 129 Å². The Kier molecular flexibility index (Phi) is 5.46. The van der Waals surface area contributed by atoms with Gasteiger partial charge >= 0.3 is 5.69 Å². The molecule has 0 spiro atoms. The van der Waals surface area contributed by atoms with Crippen LogP contribution in [0.3, 0.4) is 0 Å². The van der Waals surface area contributed by atoms with Crippen molar-refractivity contribution < 1.29 is 8.42 Å². The summed E-state index contributed by atoms with van der Waals surface area (Å²) in [6, 6.07) is 8.62. The summed E-state index contributed by atoms with van der Waals surface area (Å²) >= 11 is 0. The van der Waals surface area contributed by atoms with E-state index in [2.05, 4.69) is 9.71 Å². The maximum Gasteiger partial charge on any atom is 0.347 e. The summed E-state index contributed by atoms with van der Waals surface area (Å²) in [5.74, 6) is 0. The molecule has 0 aliphatic heterocycles. The number of hydrogen-bond donors (Lipinski definition) is 1. The zero-order valence-electron chi connectivity index (χ0n) is 12.4. The zero-order valence-corrected chi connectivity index (χ0v) is 13.2. The van der Waals surface area contributed by atoms with Crippen molar-refractivity contribution in [1.82, 2.24) is 14.3 Å². The molecule has 6 nitrogen and oxygen atoms in total. The zero-order chi connectivity index (χ0) is 16.0. The highest BCUT2D eigenvalue weighted by Crippen LogP contribution is 2.15. The second-order valence-electron chi connectivity index (χ2n) is 4.81. The van der Waals surface area contributed by atoms with Gasteiger partial charge in [-0.3, -0.25) is 4.57 Å². The molecule has 1 heterocycles. The maximum absolute atomic E-state index is 12.3. The SMILES string of the molecule is CCc1ccccc1S(=O)(=O)NCCCn1cccnc1=O. The number of nitrogens with zero attached hydrogens (tertiary/aromatic N) is 2. The van der Waals surface area contributed by atoms with E-state index in [1.54, 1.807) is 24.4 Å². The van der Waals surface area contributed by atoms with Crippen LogP contribution in [0.2, 0.25) is 0 Å². The molecule has 22 heavy (non-hydrogen) atoms. The molecule has 1 aromatic carbocycles. The Balaban J connectivity index is 1.96. The largest absolute Gasteiger partial charge is 0.347 e. The van der Waals surface area contributed by atoms with Crippen molar-refractivity contribution in [3.05, 3.63) is 58.8 Å². The first-order valence-electron chi connectivity index (χ1n) is 7.13. The van der Waals surface area contributed by atoms with E-state index in [1.165, 1.54) is 10.8 Å². The number of aromatic nitrogens is 2. The van der Waals surface area contributed by atoms with Crippen LogP contribution in [0.1, 0.15) is 18.9 Å². The van der Waals surface area contributed by atoms with E-state index < -0.39 is 10.0 Å². The number of rotatable bonds is 7. The van der Waals surface area contributed by atoms with Crippen LogP contribution in [-0.2, 0) is 23.0 Å². The molecule has 0 radical (unpaired) electrons. The number of hydrogen-bond acceptors (Lipinski definition) is 4. The molecule has 2 rings (SSSR count). The molecular formula is C15H19N3O3S. The molecule has 1 N–H and O–H groups in total. The van der Waals surface area contributed by atoms with Crippen LogP contribution in [0.5, 0.6) is 0 Å². The van der Waals surface area contributed by atoms with Crippen LogP contribution in [0.4, 0.5) is 0 Å². The summed E-state index contributed by atoms with van der Waals surface area (Å²) in [5.41, 5.74) is 0.458. The molecular weight excluding hydrogens is 302 g/mol. The molecule has 0 unspecified atom stereocenters. The summed E-state index contributed by atoms with van der Waals surface area (Å²) in [7, 11) is -3.52. The summed E-state index contributed by atoms with van der Waals surface area (Å²) in [4.78, 5) is 15.4. The lowest BCUT2D eigenvalue weighted by Gasteiger charge is -2.10. The van der Waals surface area contributed by atoms with Gasteiger partial charge in [0.25, 0.3) is 0 Å². The molecule has 0 bridgehead atoms. The first-order valence-corrected chi connectivity index (χ1v) is 8.62. The number of nitrogens with one attached hydrogen (secondary N) is 1.